The summed E-state index contributed by atoms with van der Waals surface area (Å²) in [7, 11) is -1.48. The van der Waals surface area contributed by atoms with Gasteiger partial charge in [0, 0.05) is 19.6 Å². The Labute approximate surface area is 133 Å². The van der Waals surface area contributed by atoms with Crippen LogP contribution in [0.3, 0.4) is 0 Å². The van der Waals surface area contributed by atoms with E-state index in [0.717, 1.165) is 18.7 Å². The second-order valence-electron chi connectivity index (χ2n) is 6.88. The van der Waals surface area contributed by atoms with Crippen molar-refractivity contribution in [2.24, 2.45) is 0 Å². The van der Waals surface area contributed by atoms with Crippen molar-refractivity contribution in [2.75, 3.05) is 33.3 Å². The molecule has 0 aromatic heterocycles. The highest BCUT2D eigenvalue weighted by Gasteiger charge is 2.22. The molecule has 1 unspecified atom stereocenters. The van der Waals surface area contributed by atoms with Crippen molar-refractivity contribution in [3.8, 4) is 0 Å². The van der Waals surface area contributed by atoms with Crippen LogP contribution in [0.4, 0.5) is 0 Å². The molecule has 1 saturated heterocycles. The fraction of sp³-hybridized carbons (Fsp3) is 0.625. The topological polar surface area (TPSA) is 58.6 Å². The Morgan fingerprint density at radius 3 is 2.45 bits per heavy atom. The average molecular weight is 326 g/mol. The summed E-state index contributed by atoms with van der Waals surface area (Å²) in [6.07, 6.45) is -0.0950. The lowest BCUT2D eigenvalue weighted by molar-refractivity contribution is -0.0156. The van der Waals surface area contributed by atoms with Gasteiger partial charge >= 0.3 is 0 Å². The number of likely N-dealkylation sites (N-methyl/N-ethyl adjacent to an activating group) is 1. The van der Waals surface area contributed by atoms with Crippen LogP contribution in [0.15, 0.2) is 29.2 Å². The Morgan fingerprint density at radius 2 is 1.91 bits per heavy atom. The lowest BCUT2D eigenvalue weighted by atomic mass is 9.87. The quantitative estimate of drug-likeness (QED) is 0.913. The number of nitrogens with zero attached hydrogens (tertiary/aromatic N) is 1. The standard InChI is InChI=1S/C16H26N2O3S/c1-16(2,3)13-5-7-15(8-6-13)22(19,20)17-11-14-12-18(4)9-10-21-14/h5-8,14,17H,9-12H2,1-4H3. The number of nitrogens with one attached hydrogen (secondary N) is 1. The molecule has 0 spiro atoms. The molecule has 1 fully saturated rings. The molecule has 22 heavy (non-hydrogen) atoms. The highest BCUT2D eigenvalue weighted by molar-refractivity contribution is 7.89. The molecule has 0 saturated carbocycles. The Morgan fingerprint density at radius 1 is 1.27 bits per heavy atom. The summed E-state index contributed by atoms with van der Waals surface area (Å²) in [5.41, 5.74) is 1.12. The minimum absolute atomic E-state index is 0.0102. The molecule has 5 nitrogen and oxygen atoms in total. The maximum absolute atomic E-state index is 12.3. The first-order valence-corrected chi connectivity index (χ1v) is 9.07. The molecule has 2 rings (SSSR count). The van der Waals surface area contributed by atoms with Crippen LogP contribution in [0, 0.1) is 0 Å². The van der Waals surface area contributed by atoms with Gasteiger partial charge in [0.1, 0.15) is 0 Å². The maximum atomic E-state index is 12.3. The van der Waals surface area contributed by atoms with Gasteiger partial charge in [-0.3, -0.25) is 0 Å². The number of benzene rings is 1. The summed E-state index contributed by atoms with van der Waals surface area (Å²) in [6.45, 7) is 8.88. The van der Waals surface area contributed by atoms with Crippen LogP contribution in [-0.4, -0.2) is 52.7 Å². The Balaban J connectivity index is 2.01. The summed E-state index contributed by atoms with van der Waals surface area (Å²) in [5, 5.41) is 0. The SMILES string of the molecule is CN1CCOC(CNS(=O)(=O)c2ccc(C(C)(C)C)cc2)C1. The lowest BCUT2D eigenvalue weighted by Crippen LogP contribution is -2.45. The third-order valence-corrected chi connectivity index (χ3v) is 5.31. The molecule has 1 aromatic rings. The monoisotopic (exact) mass is 326 g/mol. The van der Waals surface area contributed by atoms with Crippen LogP contribution in [0.2, 0.25) is 0 Å². The third kappa shape index (κ3) is 4.52. The molecule has 1 aliphatic heterocycles. The van der Waals surface area contributed by atoms with Crippen LogP contribution in [0.5, 0.6) is 0 Å². The first-order valence-electron chi connectivity index (χ1n) is 7.59. The molecule has 0 amide bonds. The highest BCUT2D eigenvalue weighted by atomic mass is 32.2. The summed E-state index contributed by atoms with van der Waals surface area (Å²) >= 11 is 0. The maximum Gasteiger partial charge on any atom is 0.240 e. The smallest absolute Gasteiger partial charge is 0.240 e. The number of hydrogen-bond donors (Lipinski definition) is 1. The predicted molar refractivity (Wildman–Crippen MR) is 87.6 cm³/mol. The van der Waals surface area contributed by atoms with Crippen molar-refractivity contribution >= 4 is 10.0 Å². The van der Waals surface area contributed by atoms with Crippen LogP contribution in [0.25, 0.3) is 0 Å². The molecular weight excluding hydrogens is 300 g/mol. The number of ether oxygens (including phenoxy) is 1. The second kappa shape index (κ2) is 6.66. The Kier molecular flexibility index (Phi) is 5.27. The van der Waals surface area contributed by atoms with Crippen molar-refractivity contribution in [3.63, 3.8) is 0 Å². The molecule has 124 valence electrons. The third-order valence-electron chi connectivity index (χ3n) is 3.87. The summed E-state index contributed by atoms with van der Waals surface area (Å²) in [5.74, 6) is 0. The Hall–Kier alpha value is -0.950. The first-order chi connectivity index (χ1) is 10.2. The molecule has 1 N–H and O–H groups in total. The lowest BCUT2D eigenvalue weighted by Gasteiger charge is -2.30. The van der Waals surface area contributed by atoms with Crippen LogP contribution >= 0.6 is 0 Å². The van der Waals surface area contributed by atoms with Gasteiger partial charge in [-0.05, 0) is 30.2 Å². The Bertz CT molecular complexity index is 591. The van der Waals surface area contributed by atoms with Gasteiger partial charge in [0.05, 0.1) is 17.6 Å². The van der Waals surface area contributed by atoms with E-state index in [1.807, 2.05) is 19.2 Å². The van der Waals surface area contributed by atoms with Gasteiger partial charge in [0.2, 0.25) is 10.0 Å². The van der Waals surface area contributed by atoms with Crippen molar-refractivity contribution < 1.29 is 13.2 Å². The fourth-order valence-electron chi connectivity index (χ4n) is 2.41. The van der Waals surface area contributed by atoms with Gasteiger partial charge in [-0.25, -0.2) is 13.1 Å². The number of morpholine rings is 1. The number of hydrogen-bond acceptors (Lipinski definition) is 4. The van der Waals surface area contributed by atoms with E-state index in [1.54, 1.807) is 12.1 Å². The van der Waals surface area contributed by atoms with Crippen molar-refractivity contribution in [3.05, 3.63) is 29.8 Å². The zero-order valence-electron chi connectivity index (χ0n) is 13.8. The molecule has 1 aliphatic rings. The number of rotatable bonds is 4. The highest BCUT2D eigenvalue weighted by Crippen LogP contribution is 2.23. The van der Waals surface area contributed by atoms with E-state index in [-0.39, 0.29) is 11.5 Å². The minimum atomic E-state index is -3.49. The van der Waals surface area contributed by atoms with Crippen LogP contribution < -0.4 is 4.72 Å². The van der Waals surface area contributed by atoms with Crippen LogP contribution in [0.1, 0.15) is 26.3 Å². The normalized spacial score (nSPS) is 21.0. The van der Waals surface area contributed by atoms with Gasteiger partial charge < -0.3 is 9.64 Å². The zero-order valence-corrected chi connectivity index (χ0v) is 14.6. The summed E-state index contributed by atoms with van der Waals surface area (Å²) in [6, 6.07) is 7.08. The molecule has 1 heterocycles. The molecule has 1 aromatic carbocycles. The van der Waals surface area contributed by atoms with Gasteiger partial charge in [-0.2, -0.15) is 0 Å². The fourth-order valence-corrected chi connectivity index (χ4v) is 3.48. The average Bonchev–Trinajstić information content (AvgIpc) is 2.45. The van der Waals surface area contributed by atoms with Crippen LogP contribution in [-0.2, 0) is 20.2 Å². The predicted octanol–water partition coefficient (Wildman–Crippen LogP) is 1.59. The second-order valence-corrected chi connectivity index (χ2v) is 8.65. The van der Waals surface area contributed by atoms with E-state index in [2.05, 4.69) is 30.4 Å². The van der Waals surface area contributed by atoms with E-state index in [9.17, 15) is 8.42 Å². The van der Waals surface area contributed by atoms with Gasteiger partial charge in [0.15, 0.2) is 0 Å². The molecule has 6 heteroatoms. The summed E-state index contributed by atoms with van der Waals surface area (Å²) in [4.78, 5) is 2.44. The zero-order chi connectivity index (χ0) is 16.4. The molecule has 0 bridgehead atoms. The van der Waals surface area contributed by atoms with Crippen molar-refractivity contribution in [1.82, 2.24) is 9.62 Å². The van der Waals surface area contributed by atoms with E-state index in [1.165, 1.54) is 0 Å². The van der Waals surface area contributed by atoms with E-state index in [4.69, 9.17) is 4.74 Å². The van der Waals surface area contributed by atoms with Gasteiger partial charge in [-0.15, -0.1) is 0 Å². The molecular formula is C16H26N2O3S. The summed E-state index contributed by atoms with van der Waals surface area (Å²) < 4.78 is 32.9. The van der Waals surface area contributed by atoms with E-state index < -0.39 is 10.0 Å². The van der Waals surface area contributed by atoms with Crippen molar-refractivity contribution in [2.45, 2.75) is 37.2 Å². The van der Waals surface area contributed by atoms with Gasteiger partial charge in [0.25, 0.3) is 0 Å². The first kappa shape index (κ1) is 17.4. The van der Waals surface area contributed by atoms with Crippen molar-refractivity contribution in [1.29, 1.82) is 0 Å². The van der Waals surface area contributed by atoms with E-state index >= 15 is 0 Å². The number of sulfonamides is 1. The molecule has 1 atom stereocenters. The van der Waals surface area contributed by atoms with E-state index in [0.29, 0.717) is 18.0 Å². The van der Waals surface area contributed by atoms with Gasteiger partial charge in [-0.1, -0.05) is 32.9 Å². The minimum Gasteiger partial charge on any atom is -0.374 e. The largest absolute Gasteiger partial charge is 0.374 e. The molecule has 0 radical (unpaired) electrons. The molecule has 0 aliphatic carbocycles.